The highest BCUT2D eigenvalue weighted by molar-refractivity contribution is 7.16. The van der Waals surface area contributed by atoms with Crippen molar-refractivity contribution >= 4 is 16.5 Å². The van der Waals surface area contributed by atoms with Crippen molar-refractivity contribution < 1.29 is 0 Å². The van der Waals surface area contributed by atoms with Gasteiger partial charge in [-0.3, -0.25) is 0 Å². The van der Waals surface area contributed by atoms with Crippen LogP contribution in [0.5, 0.6) is 0 Å². The zero-order valence-corrected chi connectivity index (χ0v) is 11.3. The first-order chi connectivity index (χ1) is 8.69. The summed E-state index contributed by atoms with van der Waals surface area (Å²) in [4.78, 5) is 4.79. The van der Waals surface area contributed by atoms with Gasteiger partial charge in [-0.05, 0) is 31.4 Å². The van der Waals surface area contributed by atoms with Crippen LogP contribution in [0.25, 0.3) is 0 Å². The fourth-order valence-corrected chi connectivity index (χ4v) is 2.42. The molecule has 0 fully saturated rings. The average molecular weight is 257 g/mol. The van der Waals surface area contributed by atoms with E-state index in [1.165, 1.54) is 28.0 Å². The van der Waals surface area contributed by atoms with Crippen LogP contribution >= 0.6 is 11.3 Å². The summed E-state index contributed by atoms with van der Waals surface area (Å²) < 4.78 is 0. The van der Waals surface area contributed by atoms with Gasteiger partial charge in [0.25, 0.3) is 0 Å². The Labute approximate surface area is 111 Å². The Balaban J connectivity index is 1.92. The summed E-state index contributed by atoms with van der Waals surface area (Å²) in [6.45, 7) is 5.07. The minimum Gasteiger partial charge on any atom is -0.361 e. The summed E-state index contributed by atoms with van der Waals surface area (Å²) in [7, 11) is 0. The standard InChI is InChI=1S/C14H15N3S/c1-10-3-4-11(2)12(7-10)5-6-16-14-17-9-13(8-15)18-14/h3-4,7,9H,5-6H2,1-2H3,(H,16,17). The van der Waals surface area contributed by atoms with Crippen LogP contribution in [-0.2, 0) is 6.42 Å². The van der Waals surface area contributed by atoms with Crippen molar-refractivity contribution in [3.05, 3.63) is 46.0 Å². The summed E-state index contributed by atoms with van der Waals surface area (Å²) in [5.41, 5.74) is 3.97. The largest absolute Gasteiger partial charge is 0.361 e. The lowest BCUT2D eigenvalue weighted by molar-refractivity contribution is 0.998. The molecule has 0 aliphatic rings. The maximum atomic E-state index is 8.71. The second-order valence-corrected chi connectivity index (χ2v) is 5.28. The molecule has 0 spiro atoms. The molecule has 1 aromatic carbocycles. The van der Waals surface area contributed by atoms with E-state index in [1.54, 1.807) is 6.20 Å². The maximum absolute atomic E-state index is 8.71. The van der Waals surface area contributed by atoms with E-state index in [4.69, 9.17) is 5.26 Å². The number of hydrogen-bond donors (Lipinski definition) is 1. The summed E-state index contributed by atoms with van der Waals surface area (Å²) in [6, 6.07) is 8.60. The highest BCUT2D eigenvalue weighted by Crippen LogP contribution is 2.17. The first-order valence-corrected chi connectivity index (χ1v) is 6.66. The van der Waals surface area contributed by atoms with Gasteiger partial charge in [0, 0.05) is 6.54 Å². The molecular formula is C14H15N3S. The van der Waals surface area contributed by atoms with Crippen LogP contribution in [0.4, 0.5) is 5.13 Å². The molecule has 0 bridgehead atoms. The van der Waals surface area contributed by atoms with Gasteiger partial charge in [0.05, 0.1) is 6.20 Å². The summed E-state index contributed by atoms with van der Waals surface area (Å²) in [5.74, 6) is 0. The van der Waals surface area contributed by atoms with Gasteiger partial charge in [-0.15, -0.1) is 0 Å². The molecule has 0 amide bonds. The van der Waals surface area contributed by atoms with Gasteiger partial charge in [-0.25, -0.2) is 4.98 Å². The minimum atomic E-state index is 0.643. The second-order valence-electron chi connectivity index (χ2n) is 4.25. The van der Waals surface area contributed by atoms with Gasteiger partial charge in [-0.1, -0.05) is 35.1 Å². The molecule has 0 aliphatic heterocycles. The number of anilines is 1. The van der Waals surface area contributed by atoms with E-state index in [2.05, 4.69) is 48.4 Å². The molecule has 92 valence electrons. The van der Waals surface area contributed by atoms with Crippen molar-refractivity contribution in [1.82, 2.24) is 4.98 Å². The molecule has 0 aliphatic carbocycles. The van der Waals surface area contributed by atoms with Crippen LogP contribution in [0.15, 0.2) is 24.4 Å². The number of nitrogens with zero attached hydrogens (tertiary/aromatic N) is 2. The predicted molar refractivity (Wildman–Crippen MR) is 74.9 cm³/mol. The van der Waals surface area contributed by atoms with E-state index in [1.807, 2.05) is 0 Å². The molecule has 4 heteroatoms. The lowest BCUT2D eigenvalue weighted by Gasteiger charge is -2.07. The Morgan fingerprint density at radius 2 is 2.22 bits per heavy atom. The predicted octanol–water partition coefficient (Wildman–Crippen LogP) is 3.29. The highest BCUT2D eigenvalue weighted by Gasteiger charge is 2.02. The minimum absolute atomic E-state index is 0.643. The highest BCUT2D eigenvalue weighted by atomic mass is 32.1. The second kappa shape index (κ2) is 5.65. The van der Waals surface area contributed by atoms with Crippen molar-refractivity contribution in [2.75, 3.05) is 11.9 Å². The van der Waals surface area contributed by atoms with E-state index >= 15 is 0 Å². The summed E-state index contributed by atoms with van der Waals surface area (Å²) in [6.07, 6.45) is 2.57. The van der Waals surface area contributed by atoms with Crippen LogP contribution < -0.4 is 5.32 Å². The van der Waals surface area contributed by atoms with Crippen molar-refractivity contribution in [2.24, 2.45) is 0 Å². The van der Waals surface area contributed by atoms with Crippen molar-refractivity contribution in [2.45, 2.75) is 20.3 Å². The molecular weight excluding hydrogens is 242 g/mol. The monoisotopic (exact) mass is 257 g/mol. The van der Waals surface area contributed by atoms with Crippen molar-refractivity contribution in [1.29, 1.82) is 5.26 Å². The Morgan fingerprint density at radius 1 is 1.39 bits per heavy atom. The molecule has 1 aromatic heterocycles. The van der Waals surface area contributed by atoms with Gasteiger partial charge in [-0.2, -0.15) is 5.26 Å². The fourth-order valence-electron chi connectivity index (χ4n) is 1.78. The number of benzene rings is 1. The first-order valence-electron chi connectivity index (χ1n) is 5.85. The zero-order valence-electron chi connectivity index (χ0n) is 10.5. The molecule has 0 saturated heterocycles. The summed E-state index contributed by atoms with van der Waals surface area (Å²) in [5, 5.41) is 12.8. The smallest absolute Gasteiger partial charge is 0.183 e. The molecule has 0 atom stereocenters. The zero-order chi connectivity index (χ0) is 13.0. The molecule has 2 rings (SSSR count). The number of hydrogen-bond acceptors (Lipinski definition) is 4. The SMILES string of the molecule is Cc1ccc(C)c(CCNc2ncc(C#N)s2)c1. The topological polar surface area (TPSA) is 48.7 Å². The number of thiazole rings is 1. The normalized spacial score (nSPS) is 10.1. The van der Waals surface area contributed by atoms with E-state index in [0.717, 1.165) is 18.1 Å². The van der Waals surface area contributed by atoms with Crippen LogP contribution in [0, 0.1) is 25.2 Å². The quantitative estimate of drug-likeness (QED) is 0.914. The van der Waals surface area contributed by atoms with Gasteiger partial charge in [0.2, 0.25) is 0 Å². The van der Waals surface area contributed by atoms with Crippen molar-refractivity contribution in [3.8, 4) is 6.07 Å². The fraction of sp³-hybridized carbons (Fsp3) is 0.286. The Morgan fingerprint density at radius 3 is 2.94 bits per heavy atom. The van der Waals surface area contributed by atoms with E-state index in [9.17, 15) is 0 Å². The molecule has 0 unspecified atom stereocenters. The molecule has 0 radical (unpaired) electrons. The lowest BCUT2D eigenvalue weighted by atomic mass is 10.0. The van der Waals surface area contributed by atoms with Crippen LogP contribution in [0.1, 0.15) is 21.6 Å². The van der Waals surface area contributed by atoms with Gasteiger partial charge in [0.15, 0.2) is 5.13 Å². The third-order valence-electron chi connectivity index (χ3n) is 2.79. The molecule has 3 nitrogen and oxygen atoms in total. The van der Waals surface area contributed by atoms with E-state index in [0.29, 0.717) is 4.88 Å². The number of rotatable bonds is 4. The summed E-state index contributed by atoms with van der Waals surface area (Å²) >= 11 is 1.39. The van der Waals surface area contributed by atoms with Gasteiger partial charge in [0.1, 0.15) is 10.9 Å². The Hall–Kier alpha value is -1.86. The van der Waals surface area contributed by atoms with Gasteiger partial charge >= 0.3 is 0 Å². The van der Waals surface area contributed by atoms with E-state index in [-0.39, 0.29) is 0 Å². The molecule has 1 heterocycles. The van der Waals surface area contributed by atoms with Crippen LogP contribution in [0.2, 0.25) is 0 Å². The number of nitrogens with one attached hydrogen (secondary N) is 1. The number of aryl methyl sites for hydroxylation is 2. The Bertz CT molecular complexity index is 581. The third-order valence-corrected chi connectivity index (χ3v) is 3.65. The molecule has 2 aromatic rings. The van der Waals surface area contributed by atoms with Crippen LogP contribution in [0.3, 0.4) is 0 Å². The lowest BCUT2D eigenvalue weighted by Crippen LogP contribution is -2.05. The maximum Gasteiger partial charge on any atom is 0.183 e. The van der Waals surface area contributed by atoms with Gasteiger partial charge < -0.3 is 5.32 Å². The number of nitriles is 1. The third kappa shape index (κ3) is 3.08. The number of aromatic nitrogens is 1. The molecule has 0 saturated carbocycles. The Kier molecular flexibility index (Phi) is 3.96. The first kappa shape index (κ1) is 12.6. The average Bonchev–Trinajstić information content (AvgIpc) is 2.81. The van der Waals surface area contributed by atoms with E-state index < -0.39 is 0 Å². The molecule has 18 heavy (non-hydrogen) atoms. The van der Waals surface area contributed by atoms with Crippen molar-refractivity contribution in [3.63, 3.8) is 0 Å². The van der Waals surface area contributed by atoms with Crippen LogP contribution in [-0.4, -0.2) is 11.5 Å². The molecule has 1 N–H and O–H groups in total.